The highest BCUT2D eigenvalue weighted by Gasteiger charge is 2.51. The zero-order valence-electron chi connectivity index (χ0n) is 19.6. The third kappa shape index (κ3) is 5.98. The van der Waals surface area contributed by atoms with Crippen molar-refractivity contribution in [1.82, 2.24) is 10.2 Å². The molecule has 1 fully saturated rings. The second-order valence-electron chi connectivity index (χ2n) is 7.85. The van der Waals surface area contributed by atoms with Gasteiger partial charge in [-0.1, -0.05) is 30.3 Å². The first kappa shape index (κ1) is 24.9. The Labute approximate surface area is 198 Å². The molecule has 3 rings (SSSR count). The summed E-state index contributed by atoms with van der Waals surface area (Å²) in [5.74, 6) is 0.0937. The van der Waals surface area contributed by atoms with Gasteiger partial charge in [0.25, 0.3) is 0 Å². The number of amides is 2. The summed E-state index contributed by atoms with van der Waals surface area (Å²) in [6.07, 6.45) is 0.430. The molecule has 0 unspecified atom stereocenters. The lowest BCUT2D eigenvalue weighted by molar-refractivity contribution is -0.174. The fraction of sp³-hybridized carbons (Fsp3) is 0.400. The van der Waals surface area contributed by atoms with Crippen LogP contribution in [-0.2, 0) is 32.2 Å². The Balaban J connectivity index is 1.50. The van der Waals surface area contributed by atoms with Crippen LogP contribution in [0.4, 0.5) is 4.79 Å². The van der Waals surface area contributed by atoms with Crippen molar-refractivity contribution in [3.8, 4) is 11.5 Å². The lowest BCUT2D eigenvalue weighted by Gasteiger charge is -2.45. The molecule has 182 valence electrons. The lowest BCUT2D eigenvalue weighted by Crippen LogP contribution is -2.64. The van der Waals surface area contributed by atoms with E-state index in [1.165, 1.54) is 19.1 Å². The van der Waals surface area contributed by atoms with Crippen LogP contribution in [0.2, 0.25) is 0 Å². The number of rotatable bonds is 11. The maximum atomic E-state index is 12.8. The zero-order chi connectivity index (χ0) is 24.5. The number of carbonyl (C=O) groups is 3. The molecule has 1 N–H and O–H groups in total. The van der Waals surface area contributed by atoms with E-state index in [1.807, 2.05) is 30.3 Å². The number of nitrogens with zero attached hydrogens (tertiary/aromatic N) is 1. The van der Waals surface area contributed by atoms with E-state index in [-0.39, 0.29) is 19.1 Å². The average Bonchev–Trinajstić information content (AvgIpc) is 2.88. The molecule has 2 aromatic rings. The van der Waals surface area contributed by atoms with Gasteiger partial charge >= 0.3 is 12.1 Å². The molecule has 0 radical (unpaired) electrons. The molecular weight excluding hydrogens is 440 g/mol. The highest BCUT2D eigenvalue weighted by atomic mass is 16.5. The van der Waals surface area contributed by atoms with Gasteiger partial charge in [0.05, 0.1) is 33.8 Å². The molecule has 0 spiro atoms. The van der Waals surface area contributed by atoms with Gasteiger partial charge in [0.1, 0.15) is 24.1 Å². The number of β-lactam (4-membered cyclic amide) rings is 1. The molecule has 1 heterocycles. The first-order valence-corrected chi connectivity index (χ1v) is 11.0. The van der Waals surface area contributed by atoms with Gasteiger partial charge in [-0.3, -0.25) is 4.79 Å². The molecule has 9 heteroatoms. The zero-order valence-corrected chi connectivity index (χ0v) is 19.6. The van der Waals surface area contributed by atoms with E-state index in [9.17, 15) is 14.4 Å². The number of carbonyl (C=O) groups excluding carboxylic acids is 3. The van der Waals surface area contributed by atoms with Gasteiger partial charge < -0.3 is 29.2 Å². The first-order valence-electron chi connectivity index (χ1n) is 11.0. The van der Waals surface area contributed by atoms with Gasteiger partial charge in [0, 0.05) is 18.2 Å². The SMILES string of the molecule is COC(=O)[C@@H]1[C@@H](CCCNC(=O)OCc2ccccc2)C(=O)N1Cc1ccc(OC)cc1OC. The molecule has 2 aromatic carbocycles. The second kappa shape index (κ2) is 11.9. The summed E-state index contributed by atoms with van der Waals surface area (Å²) in [7, 11) is 4.40. The van der Waals surface area contributed by atoms with Crippen LogP contribution in [0.15, 0.2) is 48.5 Å². The van der Waals surface area contributed by atoms with Crippen molar-refractivity contribution in [2.75, 3.05) is 27.9 Å². The number of methoxy groups -OCH3 is 3. The summed E-state index contributed by atoms with van der Waals surface area (Å²) >= 11 is 0. The number of nitrogens with one attached hydrogen (secondary N) is 1. The van der Waals surface area contributed by atoms with E-state index in [4.69, 9.17) is 18.9 Å². The molecule has 0 saturated carbocycles. The van der Waals surface area contributed by atoms with Crippen LogP contribution in [0.5, 0.6) is 11.5 Å². The van der Waals surface area contributed by atoms with E-state index in [0.717, 1.165) is 11.1 Å². The Bertz CT molecular complexity index is 996. The third-order valence-corrected chi connectivity index (χ3v) is 5.77. The highest BCUT2D eigenvalue weighted by Crippen LogP contribution is 2.35. The van der Waals surface area contributed by atoms with Crippen molar-refractivity contribution in [2.45, 2.75) is 32.0 Å². The Morgan fingerprint density at radius 2 is 1.79 bits per heavy atom. The number of alkyl carbamates (subject to hydrolysis) is 1. The third-order valence-electron chi connectivity index (χ3n) is 5.77. The minimum Gasteiger partial charge on any atom is -0.497 e. The normalized spacial score (nSPS) is 16.9. The number of benzene rings is 2. The number of likely N-dealkylation sites (tertiary alicyclic amines) is 1. The Hall–Kier alpha value is -3.75. The molecule has 2 amide bonds. The Morgan fingerprint density at radius 3 is 2.47 bits per heavy atom. The molecule has 0 aliphatic carbocycles. The average molecular weight is 471 g/mol. The summed E-state index contributed by atoms with van der Waals surface area (Å²) in [6.45, 7) is 0.728. The number of ether oxygens (including phenoxy) is 4. The monoisotopic (exact) mass is 470 g/mol. The smallest absolute Gasteiger partial charge is 0.407 e. The second-order valence-corrected chi connectivity index (χ2v) is 7.85. The largest absolute Gasteiger partial charge is 0.497 e. The van der Waals surface area contributed by atoms with Crippen molar-refractivity contribution in [2.24, 2.45) is 5.92 Å². The van der Waals surface area contributed by atoms with Crippen LogP contribution in [0.3, 0.4) is 0 Å². The molecule has 0 aromatic heterocycles. The molecule has 9 nitrogen and oxygen atoms in total. The van der Waals surface area contributed by atoms with Gasteiger partial charge in [-0.05, 0) is 30.5 Å². The lowest BCUT2D eigenvalue weighted by atomic mass is 9.83. The van der Waals surface area contributed by atoms with Crippen LogP contribution in [0, 0.1) is 5.92 Å². The van der Waals surface area contributed by atoms with Gasteiger partial charge in [-0.15, -0.1) is 0 Å². The maximum absolute atomic E-state index is 12.8. The van der Waals surface area contributed by atoms with E-state index < -0.39 is 24.0 Å². The van der Waals surface area contributed by atoms with Crippen LogP contribution in [0.25, 0.3) is 0 Å². The molecule has 1 aliphatic heterocycles. The van der Waals surface area contributed by atoms with Gasteiger partial charge in [0.15, 0.2) is 0 Å². The first-order chi connectivity index (χ1) is 16.5. The fourth-order valence-electron chi connectivity index (χ4n) is 3.94. The van der Waals surface area contributed by atoms with E-state index >= 15 is 0 Å². The van der Waals surface area contributed by atoms with Crippen LogP contribution in [-0.4, -0.2) is 56.8 Å². The summed E-state index contributed by atoms with van der Waals surface area (Å²) in [5.41, 5.74) is 1.65. The summed E-state index contributed by atoms with van der Waals surface area (Å²) in [5, 5.41) is 2.68. The molecule has 1 saturated heterocycles. The van der Waals surface area contributed by atoms with Crippen LogP contribution >= 0.6 is 0 Å². The molecule has 2 atom stereocenters. The van der Waals surface area contributed by atoms with Gasteiger partial charge in [0.2, 0.25) is 5.91 Å². The number of esters is 1. The standard InChI is InChI=1S/C25H30N2O7/c1-31-19-12-11-18(21(14-19)32-2)15-27-22(24(29)33-3)20(23(27)28)10-7-13-26-25(30)34-16-17-8-5-4-6-9-17/h4-6,8-9,11-12,14,20,22H,7,10,13,15-16H2,1-3H3,(H,26,30)/t20-,22+/m1/s1. The molecular formula is C25H30N2O7. The van der Waals surface area contributed by atoms with E-state index in [2.05, 4.69) is 5.32 Å². The van der Waals surface area contributed by atoms with Crippen molar-refractivity contribution >= 4 is 18.0 Å². The quantitative estimate of drug-likeness (QED) is 0.306. The predicted octanol–water partition coefficient (Wildman–Crippen LogP) is 2.91. The number of hydrogen-bond acceptors (Lipinski definition) is 7. The van der Waals surface area contributed by atoms with Crippen molar-refractivity contribution < 1.29 is 33.3 Å². The summed E-state index contributed by atoms with van der Waals surface area (Å²) < 4.78 is 20.7. The topological polar surface area (TPSA) is 103 Å². The van der Waals surface area contributed by atoms with Gasteiger partial charge in [-0.25, -0.2) is 9.59 Å². The van der Waals surface area contributed by atoms with Gasteiger partial charge in [-0.2, -0.15) is 0 Å². The van der Waals surface area contributed by atoms with Crippen LogP contribution in [0.1, 0.15) is 24.0 Å². The predicted molar refractivity (Wildman–Crippen MR) is 123 cm³/mol. The van der Waals surface area contributed by atoms with Crippen molar-refractivity contribution in [3.05, 3.63) is 59.7 Å². The Kier molecular flexibility index (Phi) is 8.73. The van der Waals surface area contributed by atoms with E-state index in [1.54, 1.807) is 25.3 Å². The van der Waals surface area contributed by atoms with Crippen molar-refractivity contribution in [3.63, 3.8) is 0 Å². The maximum Gasteiger partial charge on any atom is 0.407 e. The molecule has 1 aliphatic rings. The molecule has 34 heavy (non-hydrogen) atoms. The minimum atomic E-state index is -0.686. The highest BCUT2D eigenvalue weighted by molar-refractivity contribution is 5.97. The van der Waals surface area contributed by atoms with Crippen LogP contribution < -0.4 is 14.8 Å². The summed E-state index contributed by atoms with van der Waals surface area (Å²) in [6, 6.07) is 14.0. The summed E-state index contributed by atoms with van der Waals surface area (Å²) in [4.78, 5) is 38.6. The Morgan fingerprint density at radius 1 is 1.03 bits per heavy atom. The number of hydrogen-bond donors (Lipinski definition) is 1. The minimum absolute atomic E-state index is 0.139. The fourth-order valence-corrected chi connectivity index (χ4v) is 3.94. The van der Waals surface area contributed by atoms with E-state index in [0.29, 0.717) is 30.9 Å². The molecule has 0 bridgehead atoms. The van der Waals surface area contributed by atoms with Crippen molar-refractivity contribution in [1.29, 1.82) is 0 Å².